The van der Waals surface area contributed by atoms with Crippen LogP contribution in [0.15, 0.2) is 23.2 Å². The number of halogens is 1. The van der Waals surface area contributed by atoms with Gasteiger partial charge in [-0.05, 0) is 63.1 Å². The zero-order valence-electron chi connectivity index (χ0n) is 18.2. The normalized spacial score (nSPS) is 13.8. The smallest absolute Gasteiger partial charge is 0.191 e. The van der Waals surface area contributed by atoms with Crippen molar-refractivity contribution >= 4 is 29.9 Å². The molecule has 0 amide bonds. The summed E-state index contributed by atoms with van der Waals surface area (Å²) in [5.41, 5.74) is 6.01. The van der Waals surface area contributed by atoms with Gasteiger partial charge in [0, 0.05) is 38.4 Å². The fourth-order valence-corrected chi connectivity index (χ4v) is 3.32. The van der Waals surface area contributed by atoms with Crippen LogP contribution in [0.1, 0.15) is 40.9 Å². The summed E-state index contributed by atoms with van der Waals surface area (Å²) in [7, 11) is 3.79. The quantitative estimate of drug-likeness (QED) is 0.323. The zero-order chi connectivity index (χ0) is 20.1. The number of benzene rings is 1. The van der Waals surface area contributed by atoms with E-state index in [0.29, 0.717) is 6.54 Å². The Kier molecular flexibility index (Phi) is 8.79. The second-order valence-electron chi connectivity index (χ2n) is 7.74. The van der Waals surface area contributed by atoms with Gasteiger partial charge in [-0.2, -0.15) is 5.10 Å². The van der Waals surface area contributed by atoms with Crippen LogP contribution in [0, 0.1) is 26.7 Å². The lowest BCUT2D eigenvalue weighted by atomic mass is 10.1. The fraction of sp³-hybridized carbons (Fsp3) is 0.545. The molecule has 0 aliphatic heterocycles. The van der Waals surface area contributed by atoms with Gasteiger partial charge in [0.05, 0.1) is 12.3 Å². The van der Waals surface area contributed by atoms with E-state index in [1.165, 1.54) is 29.7 Å². The molecule has 7 heteroatoms. The first-order valence-corrected chi connectivity index (χ1v) is 10.1. The molecule has 0 spiro atoms. The van der Waals surface area contributed by atoms with E-state index < -0.39 is 0 Å². The number of ether oxygens (including phenoxy) is 1. The molecule has 0 radical (unpaired) electrons. The lowest BCUT2D eigenvalue weighted by Gasteiger charge is -2.15. The maximum Gasteiger partial charge on any atom is 0.191 e. The number of aliphatic imine (C=N–C) groups is 1. The van der Waals surface area contributed by atoms with E-state index in [4.69, 9.17) is 4.74 Å². The van der Waals surface area contributed by atoms with E-state index in [1.54, 1.807) is 7.05 Å². The number of aromatic nitrogens is 2. The minimum atomic E-state index is 0. The van der Waals surface area contributed by atoms with Crippen LogP contribution in [-0.2, 0) is 20.0 Å². The summed E-state index contributed by atoms with van der Waals surface area (Å²) in [4.78, 5) is 4.35. The summed E-state index contributed by atoms with van der Waals surface area (Å²) in [5.74, 6) is 2.53. The Labute approximate surface area is 191 Å². The van der Waals surface area contributed by atoms with E-state index in [1.807, 2.05) is 11.7 Å². The molecule has 1 aliphatic rings. The summed E-state index contributed by atoms with van der Waals surface area (Å²) >= 11 is 0. The maximum atomic E-state index is 6.07. The van der Waals surface area contributed by atoms with Gasteiger partial charge in [0.1, 0.15) is 5.75 Å². The molecular weight excluding hydrogens is 477 g/mol. The van der Waals surface area contributed by atoms with Crippen LogP contribution in [0.3, 0.4) is 0 Å². The highest BCUT2D eigenvalue weighted by molar-refractivity contribution is 14.0. The van der Waals surface area contributed by atoms with Gasteiger partial charge in [0.25, 0.3) is 0 Å². The van der Waals surface area contributed by atoms with E-state index in [0.717, 1.165) is 48.5 Å². The summed E-state index contributed by atoms with van der Waals surface area (Å²) in [6.45, 7) is 8.60. The number of rotatable bonds is 8. The second kappa shape index (κ2) is 10.8. The van der Waals surface area contributed by atoms with Gasteiger partial charge >= 0.3 is 0 Å². The Hall–Kier alpha value is -1.77. The van der Waals surface area contributed by atoms with Gasteiger partial charge in [0.2, 0.25) is 0 Å². The fourth-order valence-electron chi connectivity index (χ4n) is 3.32. The molecule has 0 atom stereocenters. The van der Waals surface area contributed by atoms with Crippen molar-refractivity contribution in [3.8, 4) is 5.75 Å². The highest BCUT2D eigenvalue weighted by Crippen LogP contribution is 2.30. The number of hydrogen-bond acceptors (Lipinski definition) is 3. The largest absolute Gasteiger partial charge is 0.493 e. The van der Waals surface area contributed by atoms with Crippen molar-refractivity contribution in [3.05, 3.63) is 46.3 Å². The summed E-state index contributed by atoms with van der Waals surface area (Å²) in [6.07, 6.45) is 3.52. The van der Waals surface area contributed by atoms with E-state index in [-0.39, 0.29) is 24.0 Å². The predicted molar refractivity (Wildman–Crippen MR) is 129 cm³/mol. The van der Waals surface area contributed by atoms with Gasteiger partial charge < -0.3 is 15.4 Å². The van der Waals surface area contributed by atoms with Gasteiger partial charge in [-0.3, -0.25) is 9.67 Å². The average molecular weight is 511 g/mol. The summed E-state index contributed by atoms with van der Waals surface area (Å²) in [5, 5.41) is 11.3. The number of nitrogens with one attached hydrogen (secondary N) is 2. The number of hydrogen-bond donors (Lipinski definition) is 2. The van der Waals surface area contributed by atoms with Crippen molar-refractivity contribution in [2.24, 2.45) is 18.0 Å². The third-order valence-electron chi connectivity index (χ3n) is 5.39. The van der Waals surface area contributed by atoms with Crippen LogP contribution >= 0.6 is 24.0 Å². The molecule has 2 aromatic rings. The molecule has 2 N–H and O–H groups in total. The molecule has 0 saturated heterocycles. The van der Waals surface area contributed by atoms with Crippen LogP contribution in [0.2, 0.25) is 0 Å². The van der Waals surface area contributed by atoms with Gasteiger partial charge in [-0.25, -0.2) is 0 Å². The van der Waals surface area contributed by atoms with Gasteiger partial charge in [-0.15, -0.1) is 24.0 Å². The first kappa shape index (κ1) is 23.5. The Balaban J connectivity index is 0.00000300. The topological polar surface area (TPSA) is 63.5 Å². The SMILES string of the molecule is CN=C(NCCc1c(C)nn(C)c1C)NCc1ccc(C)cc1OCC1CC1.I. The number of nitrogens with zero attached hydrogens (tertiary/aromatic N) is 3. The number of aryl methyl sites for hydroxylation is 3. The minimum Gasteiger partial charge on any atom is -0.493 e. The Bertz CT molecular complexity index is 842. The van der Waals surface area contributed by atoms with Crippen LogP contribution in [0.25, 0.3) is 0 Å². The van der Waals surface area contributed by atoms with Crippen LogP contribution in [0.4, 0.5) is 0 Å². The molecule has 1 heterocycles. The highest BCUT2D eigenvalue weighted by Gasteiger charge is 2.22. The molecule has 160 valence electrons. The Morgan fingerprint density at radius 2 is 2.00 bits per heavy atom. The van der Waals surface area contributed by atoms with Crippen molar-refractivity contribution in [3.63, 3.8) is 0 Å². The molecule has 1 aliphatic carbocycles. The second-order valence-corrected chi connectivity index (χ2v) is 7.74. The first-order valence-electron chi connectivity index (χ1n) is 10.1. The lowest BCUT2D eigenvalue weighted by molar-refractivity contribution is 0.296. The summed E-state index contributed by atoms with van der Waals surface area (Å²) < 4.78 is 8.01. The summed E-state index contributed by atoms with van der Waals surface area (Å²) in [6, 6.07) is 6.40. The molecule has 1 aromatic carbocycles. The monoisotopic (exact) mass is 511 g/mol. The standard InChI is InChI=1S/C22H33N5O.HI/c1-15-6-9-19(21(12-15)28-14-18-7-8-18)13-25-22(23-4)24-11-10-20-16(2)26-27(5)17(20)3;/h6,9,12,18H,7-8,10-11,13-14H2,1-5H3,(H2,23,24,25);1H. The van der Waals surface area contributed by atoms with Crippen LogP contribution < -0.4 is 15.4 Å². The Morgan fingerprint density at radius 3 is 2.62 bits per heavy atom. The van der Waals surface area contributed by atoms with Crippen molar-refractivity contribution < 1.29 is 4.74 Å². The predicted octanol–water partition coefficient (Wildman–Crippen LogP) is 3.66. The highest BCUT2D eigenvalue weighted by atomic mass is 127. The minimum absolute atomic E-state index is 0. The van der Waals surface area contributed by atoms with Crippen LogP contribution in [0.5, 0.6) is 5.75 Å². The zero-order valence-corrected chi connectivity index (χ0v) is 20.5. The first-order chi connectivity index (χ1) is 13.5. The Morgan fingerprint density at radius 1 is 1.24 bits per heavy atom. The lowest BCUT2D eigenvalue weighted by Crippen LogP contribution is -2.38. The maximum absolute atomic E-state index is 6.07. The van der Waals surface area contributed by atoms with Crippen molar-refractivity contribution in [2.45, 2.75) is 46.6 Å². The van der Waals surface area contributed by atoms with E-state index >= 15 is 0 Å². The number of guanidine groups is 1. The third kappa shape index (κ3) is 6.62. The van der Waals surface area contributed by atoms with E-state index in [9.17, 15) is 0 Å². The van der Waals surface area contributed by atoms with E-state index in [2.05, 4.69) is 59.7 Å². The third-order valence-corrected chi connectivity index (χ3v) is 5.39. The molecule has 3 rings (SSSR count). The van der Waals surface area contributed by atoms with Gasteiger partial charge in [0.15, 0.2) is 5.96 Å². The molecule has 0 unspecified atom stereocenters. The van der Waals surface area contributed by atoms with Gasteiger partial charge in [-0.1, -0.05) is 12.1 Å². The molecule has 29 heavy (non-hydrogen) atoms. The van der Waals surface area contributed by atoms with Crippen molar-refractivity contribution in [1.82, 2.24) is 20.4 Å². The average Bonchev–Trinajstić information content (AvgIpc) is 3.46. The van der Waals surface area contributed by atoms with Crippen molar-refractivity contribution in [1.29, 1.82) is 0 Å². The molecule has 0 bridgehead atoms. The molecular formula is C22H34IN5O. The molecule has 6 nitrogen and oxygen atoms in total. The van der Waals surface area contributed by atoms with Crippen molar-refractivity contribution in [2.75, 3.05) is 20.2 Å². The van der Waals surface area contributed by atoms with Crippen LogP contribution in [-0.4, -0.2) is 35.9 Å². The molecule has 1 aromatic heterocycles. The molecule has 1 saturated carbocycles. The molecule has 1 fully saturated rings.